The second-order valence-corrected chi connectivity index (χ2v) is 7.82. The number of esters is 1. The average Bonchev–Trinajstić information content (AvgIpc) is 3.40. The van der Waals surface area contributed by atoms with Gasteiger partial charge in [-0.25, -0.2) is 0 Å². The third kappa shape index (κ3) is 4.31. The van der Waals surface area contributed by atoms with Crippen LogP contribution in [0.25, 0.3) is 6.08 Å². The van der Waals surface area contributed by atoms with Crippen LogP contribution in [0.2, 0.25) is 0 Å². The van der Waals surface area contributed by atoms with E-state index in [1.165, 1.54) is 38.7 Å². The molecule has 2 heterocycles. The van der Waals surface area contributed by atoms with Gasteiger partial charge in [-0.1, -0.05) is 6.07 Å². The van der Waals surface area contributed by atoms with Crippen molar-refractivity contribution in [2.24, 2.45) is 0 Å². The number of allylic oxidation sites excluding steroid dienone is 1. The van der Waals surface area contributed by atoms with E-state index >= 15 is 0 Å². The summed E-state index contributed by atoms with van der Waals surface area (Å²) in [4.78, 5) is 25.9. The van der Waals surface area contributed by atoms with Gasteiger partial charge in [0, 0.05) is 10.9 Å². The number of benzene rings is 2. The van der Waals surface area contributed by atoms with Crippen LogP contribution in [0.15, 0.2) is 53.6 Å². The molecule has 0 atom stereocenters. The highest BCUT2D eigenvalue weighted by Crippen LogP contribution is 2.40. The fourth-order valence-corrected chi connectivity index (χ4v) is 3.98. The summed E-state index contributed by atoms with van der Waals surface area (Å²) < 4.78 is 27.2. The SMILES string of the molecule is COc1cc(/C=C2\Oc3cc(OC(=O)Cc4cccs4)ccc3C2=O)cc(OC)c1OC. The monoisotopic (exact) mass is 452 g/mol. The molecule has 0 aliphatic carbocycles. The minimum atomic E-state index is -0.384. The molecule has 0 fully saturated rings. The van der Waals surface area contributed by atoms with Crippen molar-refractivity contribution in [2.45, 2.75) is 6.42 Å². The van der Waals surface area contributed by atoms with Crippen molar-refractivity contribution in [1.29, 1.82) is 0 Å². The predicted octanol–water partition coefficient (Wildman–Crippen LogP) is 4.54. The number of hydrogen-bond donors (Lipinski definition) is 0. The number of fused-ring (bicyclic) bond motifs is 1. The maximum atomic E-state index is 12.8. The first-order valence-electron chi connectivity index (χ1n) is 9.63. The largest absolute Gasteiger partial charge is 0.493 e. The molecular weight excluding hydrogens is 432 g/mol. The number of ketones is 1. The first-order valence-corrected chi connectivity index (χ1v) is 10.5. The fraction of sp³-hybridized carbons (Fsp3) is 0.167. The number of Topliss-reactive ketones (excluding diaryl/α,β-unsaturated/α-hetero) is 1. The minimum absolute atomic E-state index is 0.135. The van der Waals surface area contributed by atoms with Crippen LogP contribution in [0.3, 0.4) is 0 Å². The molecule has 0 bridgehead atoms. The van der Waals surface area contributed by atoms with Crippen molar-refractivity contribution in [2.75, 3.05) is 21.3 Å². The Balaban J connectivity index is 1.55. The highest BCUT2D eigenvalue weighted by Gasteiger charge is 2.28. The predicted molar refractivity (Wildman–Crippen MR) is 119 cm³/mol. The van der Waals surface area contributed by atoms with Crippen molar-refractivity contribution < 1.29 is 33.3 Å². The van der Waals surface area contributed by atoms with Gasteiger partial charge in [0.15, 0.2) is 17.3 Å². The lowest BCUT2D eigenvalue weighted by atomic mass is 10.1. The van der Waals surface area contributed by atoms with Crippen molar-refractivity contribution in [3.63, 3.8) is 0 Å². The zero-order chi connectivity index (χ0) is 22.7. The minimum Gasteiger partial charge on any atom is -0.493 e. The number of carbonyl (C=O) groups is 2. The number of carbonyl (C=O) groups excluding carboxylic acids is 2. The van der Waals surface area contributed by atoms with E-state index in [1.807, 2.05) is 17.5 Å². The quantitative estimate of drug-likeness (QED) is 0.296. The molecule has 0 saturated carbocycles. The third-order valence-corrected chi connectivity index (χ3v) is 5.63. The highest BCUT2D eigenvalue weighted by atomic mass is 32.1. The molecule has 1 aromatic heterocycles. The second-order valence-electron chi connectivity index (χ2n) is 6.79. The van der Waals surface area contributed by atoms with Gasteiger partial charge < -0.3 is 23.7 Å². The standard InChI is InChI=1S/C24H20O7S/c1-27-20-10-14(11-21(28-2)24(20)29-3)9-19-23(26)17-7-6-15(12-18(17)31-19)30-22(25)13-16-5-4-8-32-16/h4-12H,13H2,1-3H3/b19-9-. The number of rotatable bonds is 7. The Bertz CT molecular complexity index is 1170. The van der Waals surface area contributed by atoms with E-state index in [-0.39, 0.29) is 23.9 Å². The maximum Gasteiger partial charge on any atom is 0.316 e. The van der Waals surface area contributed by atoms with E-state index in [0.29, 0.717) is 39.9 Å². The average molecular weight is 452 g/mol. The molecule has 0 radical (unpaired) electrons. The maximum absolute atomic E-state index is 12.8. The van der Waals surface area contributed by atoms with Gasteiger partial charge in [0.25, 0.3) is 0 Å². The van der Waals surface area contributed by atoms with Crippen molar-refractivity contribution in [1.82, 2.24) is 0 Å². The number of ether oxygens (including phenoxy) is 5. The molecule has 2 aromatic carbocycles. The molecule has 4 rings (SSSR count). The van der Waals surface area contributed by atoms with Crippen LogP contribution in [0.4, 0.5) is 0 Å². The van der Waals surface area contributed by atoms with Gasteiger partial charge in [0.1, 0.15) is 11.5 Å². The van der Waals surface area contributed by atoms with E-state index in [2.05, 4.69) is 0 Å². The lowest BCUT2D eigenvalue weighted by molar-refractivity contribution is -0.133. The second kappa shape index (κ2) is 9.15. The zero-order valence-corrected chi connectivity index (χ0v) is 18.5. The van der Waals surface area contributed by atoms with Gasteiger partial charge in [-0.15, -0.1) is 11.3 Å². The Morgan fingerprint density at radius 3 is 2.41 bits per heavy atom. The first kappa shape index (κ1) is 21.5. The molecule has 0 saturated heterocycles. The van der Waals surface area contributed by atoms with Crippen LogP contribution in [-0.4, -0.2) is 33.1 Å². The molecular formula is C24H20O7S. The van der Waals surface area contributed by atoms with Crippen LogP contribution < -0.4 is 23.7 Å². The molecule has 0 spiro atoms. The lowest BCUT2D eigenvalue weighted by Gasteiger charge is -2.13. The van der Waals surface area contributed by atoms with Gasteiger partial charge in [0.2, 0.25) is 11.5 Å². The summed E-state index contributed by atoms with van der Waals surface area (Å²) in [6, 6.07) is 11.9. The lowest BCUT2D eigenvalue weighted by Crippen LogP contribution is -2.10. The molecule has 8 heteroatoms. The summed E-state index contributed by atoms with van der Waals surface area (Å²) in [6.07, 6.45) is 1.77. The van der Waals surface area contributed by atoms with E-state index in [4.69, 9.17) is 23.7 Å². The third-order valence-electron chi connectivity index (χ3n) is 4.76. The van der Waals surface area contributed by atoms with Crippen LogP contribution in [0.5, 0.6) is 28.7 Å². The summed E-state index contributed by atoms with van der Waals surface area (Å²) in [5.41, 5.74) is 1.03. The molecule has 0 unspecified atom stereocenters. The Labute approximate surface area is 188 Å². The summed E-state index contributed by atoms with van der Waals surface area (Å²) in [5, 5.41) is 1.90. The number of hydrogen-bond acceptors (Lipinski definition) is 8. The molecule has 0 N–H and O–H groups in total. The van der Waals surface area contributed by atoms with Crippen molar-refractivity contribution >= 4 is 29.2 Å². The normalized spacial score (nSPS) is 13.5. The van der Waals surface area contributed by atoms with E-state index in [9.17, 15) is 9.59 Å². The van der Waals surface area contributed by atoms with Gasteiger partial charge in [-0.3, -0.25) is 9.59 Å². The number of thiophene rings is 1. The van der Waals surface area contributed by atoms with Crippen LogP contribution in [0, 0.1) is 0 Å². The van der Waals surface area contributed by atoms with Crippen LogP contribution >= 0.6 is 11.3 Å². The Kier molecular flexibility index (Phi) is 6.13. The van der Waals surface area contributed by atoms with Gasteiger partial charge in [0.05, 0.1) is 33.3 Å². The van der Waals surface area contributed by atoms with E-state index in [1.54, 1.807) is 30.3 Å². The molecule has 0 amide bonds. The van der Waals surface area contributed by atoms with Gasteiger partial charge in [-0.05, 0) is 47.4 Å². The Morgan fingerprint density at radius 2 is 1.78 bits per heavy atom. The molecule has 32 heavy (non-hydrogen) atoms. The molecule has 164 valence electrons. The molecule has 3 aromatic rings. The van der Waals surface area contributed by atoms with E-state index < -0.39 is 0 Å². The van der Waals surface area contributed by atoms with Gasteiger partial charge >= 0.3 is 5.97 Å². The van der Waals surface area contributed by atoms with E-state index in [0.717, 1.165) is 4.88 Å². The van der Waals surface area contributed by atoms with Gasteiger partial charge in [-0.2, -0.15) is 0 Å². The summed E-state index contributed by atoms with van der Waals surface area (Å²) in [6.45, 7) is 0. The zero-order valence-electron chi connectivity index (χ0n) is 17.7. The number of methoxy groups -OCH3 is 3. The summed E-state index contributed by atoms with van der Waals surface area (Å²) >= 11 is 1.49. The Hall–Kier alpha value is -3.78. The molecule has 1 aliphatic rings. The van der Waals surface area contributed by atoms with Crippen molar-refractivity contribution in [3.05, 3.63) is 69.6 Å². The van der Waals surface area contributed by atoms with Crippen molar-refractivity contribution in [3.8, 4) is 28.7 Å². The summed E-state index contributed by atoms with van der Waals surface area (Å²) in [5.74, 6) is 1.49. The molecule has 1 aliphatic heterocycles. The fourth-order valence-electron chi connectivity index (χ4n) is 3.29. The molecule has 7 nitrogen and oxygen atoms in total. The topological polar surface area (TPSA) is 80.3 Å². The summed E-state index contributed by atoms with van der Waals surface area (Å²) in [7, 11) is 4.55. The van der Waals surface area contributed by atoms with Crippen LogP contribution in [-0.2, 0) is 11.2 Å². The smallest absolute Gasteiger partial charge is 0.316 e. The first-order chi connectivity index (χ1) is 15.5. The Morgan fingerprint density at radius 1 is 1.03 bits per heavy atom. The van der Waals surface area contributed by atoms with Crippen LogP contribution in [0.1, 0.15) is 20.8 Å². The highest BCUT2D eigenvalue weighted by molar-refractivity contribution is 7.10.